The molecule has 3 nitrogen and oxygen atoms in total. The highest BCUT2D eigenvalue weighted by molar-refractivity contribution is 7.91. The Labute approximate surface area is 123 Å². The number of nitrogens with two attached hydrogens (primary N) is 1. The minimum Gasteiger partial charge on any atom is -0.330 e. The molecular formula is C16H27NO2S. The van der Waals surface area contributed by atoms with E-state index in [1.165, 1.54) is 0 Å². The molecule has 0 aromatic heterocycles. The molecule has 2 N–H and O–H groups in total. The molecule has 0 saturated carbocycles. The molecule has 0 saturated heterocycles. The summed E-state index contributed by atoms with van der Waals surface area (Å²) in [5.74, 6) is 0.637. The van der Waals surface area contributed by atoms with Gasteiger partial charge >= 0.3 is 0 Å². The predicted octanol–water partition coefficient (Wildman–Crippen LogP) is 3.49. The van der Waals surface area contributed by atoms with E-state index in [4.69, 9.17) is 5.73 Å². The zero-order valence-electron chi connectivity index (χ0n) is 12.6. The molecule has 20 heavy (non-hydrogen) atoms. The van der Waals surface area contributed by atoms with E-state index in [-0.39, 0.29) is 5.75 Å². The lowest BCUT2D eigenvalue weighted by Crippen LogP contribution is -2.08. The van der Waals surface area contributed by atoms with Crippen LogP contribution in [0.15, 0.2) is 29.2 Å². The number of sulfone groups is 1. The average Bonchev–Trinajstić information content (AvgIpc) is 2.43. The van der Waals surface area contributed by atoms with Crippen LogP contribution in [0.2, 0.25) is 0 Å². The Hall–Kier alpha value is -0.870. The molecule has 0 aliphatic rings. The van der Waals surface area contributed by atoms with E-state index in [9.17, 15) is 8.42 Å². The van der Waals surface area contributed by atoms with Crippen molar-refractivity contribution in [2.75, 3.05) is 12.3 Å². The highest BCUT2D eigenvalue weighted by atomic mass is 32.2. The molecule has 0 aliphatic carbocycles. The minimum atomic E-state index is -3.13. The van der Waals surface area contributed by atoms with Gasteiger partial charge in [-0.25, -0.2) is 8.42 Å². The van der Waals surface area contributed by atoms with Gasteiger partial charge in [-0.15, -0.1) is 0 Å². The Morgan fingerprint density at radius 2 is 1.90 bits per heavy atom. The largest absolute Gasteiger partial charge is 0.330 e. The predicted molar refractivity (Wildman–Crippen MR) is 84.7 cm³/mol. The first kappa shape index (κ1) is 17.2. The van der Waals surface area contributed by atoms with Crippen molar-refractivity contribution < 1.29 is 8.42 Å². The first-order chi connectivity index (χ1) is 9.55. The summed E-state index contributed by atoms with van der Waals surface area (Å²) in [5, 5.41) is 0. The molecule has 0 amide bonds. The zero-order valence-corrected chi connectivity index (χ0v) is 13.5. The van der Waals surface area contributed by atoms with E-state index in [0.717, 1.165) is 31.2 Å². The molecule has 1 aromatic rings. The highest BCUT2D eigenvalue weighted by Crippen LogP contribution is 2.28. The van der Waals surface area contributed by atoms with Crippen molar-refractivity contribution in [3.05, 3.63) is 29.8 Å². The fourth-order valence-corrected chi connectivity index (χ4v) is 3.91. The summed E-state index contributed by atoms with van der Waals surface area (Å²) in [4.78, 5) is 0.464. The molecule has 1 atom stereocenters. The van der Waals surface area contributed by atoms with Crippen LogP contribution in [0.5, 0.6) is 0 Å². The van der Waals surface area contributed by atoms with Crippen LogP contribution in [0.25, 0.3) is 0 Å². The summed E-state index contributed by atoms with van der Waals surface area (Å²) in [7, 11) is -3.13. The van der Waals surface area contributed by atoms with Crippen molar-refractivity contribution in [2.24, 2.45) is 5.73 Å². The van der Waals surface area contributed by atoms with Crippen LogP contribution < -0.4 is 5.73 Å². The van der Waals surface area contributed by atoms with E-state index >= 15 is 0 Å². The quantitative estimate of drug-likeness (QED) is 0.759. The van der Waals surface area contributed by atoms with Gasteiger partial charge in [0.15, 0.2) is 9.84 Å². The second kappa shape index (κ2) is 8.42. The smallest absolute Gasteiger partial charge is 0.178 e. The minimum absolute atomic E-state index is 0.220. The number of hydrogen-bond donors (Lipinski definition) is 1. The molecule has 0 bridgehead atoms. The van der Waals surface area contributed by atoms with Crippen LogP contribution in [-0.2, 0) is 9.84 Å². The van der Waals surface area contributed by atoms with Gasteiger partial charge in [0.1, 0.15) is 0 Å². The molecule has 0 radical (unpaired) electrons. The molecule has 0 aliphatic heterocycles. The fraction of sp³-hybridized carbons (Fsp3) is 0.625. The summed E-state index contributed by atoms with van der Waals surface area (Å²) in [5.41, 5.74) is 6.73. The van der Waals surface area contributed by atoms with Crippen molar-refractivity contribution >= 4 is 9.84 Å². The lowest BCUT2D eigenvalue weighted by molar-refractivity contribution is 0.548. The van der Waals surface area contributed by atoms with Crippen molar-refractivity contribution in [3.63, 3.8) is 0 Å². The Morgan fingerprint density at radius 3 is 2.50 bits per heavy atom. The van der Waals surface area contributed by atoms with E-state index in [0.29, 0.717) is 23.8 Å². The monoisotopic (exact) mass is 297 g/mol. The number of rotatable bonds is 9. The number of hydrogen-bond acceptors (Lipinski definition) is 3. The lowest BCUT2D eigenvalue weighted by atomic mass is 9.90. The van der Waals surface area contributed by atoms with Crippen molar-refractivity contribution in [2.45, 2.75) is 56.8 Å². The van der Waals surface area contributed by atoms with Crippen LogP contribution >= 0.6 is 0 Å². The van der Waals surface area contributed by atoms with Crippen LogP contribution in [0.1, 0.15) is 57.4 Å². The number of benzene rings is 1. The maximum Gasteiger partial charge on any atom is 0.178 e. The molecule has 1 rings (SSSR count). The summed E-state index contributed by atoms with van der Waals surface area (Å²) in [6, 6.07) is 7.48. The first-order valence-corrected chi connectivity index (χ1v) is 9.23. The normalized spacial score (nSPS) is 13.3. The maximum absolute atomic E-state index is 12.2. The van der Waals surface area contributed by atoms with Crippen molar-refractivity contribution in [1.29, 1.82) is 0 Å². The molecule has 0 fully saturated rings. The van der Waals surface area contributed by atoms with E-state index < -0.39 is 9.84 Å². The standard InChI is InChI=1S/C16H27NO2S/c1-3-7-14(9-6-11-17)15-8-5-10-16(13-15)20(18,19)12-4-2/h5,8,10,13-14H,3-4,6-7,9,11-12,17H2,1-2H3. The third-order valence-electron chi connectivity index (χ3n) is 3.56. The van der Waals surface area contributed by atoms with Crippen molar-refractivity contribution in [3.8, 4) is 0 Å². The van der Waals surface area contributed by atoms with Gasteiger partial charge in [0, 0.05) is 0 Å². The molecule has 4 heteroatoms. The molecule has 114 valence electrons. The Kier molecular flexibility index (Phi) is 7.24. The fourth-order valence-electron chi connectivity index (χ4n) is 2.54. The lowest BCUT2D eigenvalue weighted by Gasteiger charge is -2.17. The summed E-state index contributed by atoms with van der Waals surface area (Å²) in [6.45, 7) is 4.74. The molecular weight excluding hydrogens is 270 g/mol. The molecule has 0 heterocycles. The van der Waals surface area contributed by atoms with Gasteiger partial charge in [0.25, 0.3) is 0 Å². The average molecular weight is 297 g/mol. The molecule has 1 unspecified atom stereocenters. The Balaban J connectivity index is 3.00. The molecule has 1 aromatic carbocycles. The highest BCUT2D eigenvalue weighted by Gasteiger charge is 2.16. The van der Waals surface area contributed by atoms with Gasteiger partial charge in [0.05, 0.1) is 10.6 Å². The second-order valence-corrected chi connectivity index (χ2v) is 7.42. The Bertz CT molecular complexity index is 497. The van der Waals surface area contributed by atoms with Gasteiger partial charge in [0.2, 0.25) is 0 Å². The van der Waals surface area contributed by atoms with Gasteiger partial charge in [-0.3, -0.25) is 0 Å². The first-order valence-electron chi connectivity index (χ1n) is 7.58. The van der Waals surface area contributed by atoms with Crippen LogP contribution in [0, 0.1) is 0 Å². The second-order valence-electron chi connectivity index (χ2n) is 5.31. The van der Waals surface area contributed by atoms with Crippen LogP contribution in [0.4, 0.5) is 0 Å². The summed E-state index contributed by atoms with van der Waals surface area (Å²) < 4.78 is 24.3. The van der Waals surface area contributed by atoms with Gasteiger partial charge in [-0.1, -0.05) is 32.4 Å². The third kappa shape index (κ3) is 4.91. The van der Waals surface area contributed by atoms with E-state index in [1.54, 1.807) is 6.07 Å². The summed E-state index contributed by atoms with van der Waals surface area (Å²) in [6.07, 6.45) is 4.84. The third-order valence-corrected chi connectivity index (χ3v) is 5.47. The van der Waals surface area contributed by atoms with E-state index in [2.05, 4.69) is 6.92 Å². The van der Waals surface area contributed by atoms with Gasteiger partial charge in [-0.05, 0) is 55.8 Å². The van der Waals surface area contributed by atoms with Gasteiger partial charge in [-0.2, -0.15) is 0 Å². The topological polar surface area (TPSA) is 60.2 Å². The maximum atomic E-state index is 12.2. The van der Waals surface area contributed by atoms with Crippen molar-refractivity contribution in [1.82, 2.24) is 0 Å². The van der Waals surface area contributed by atoms with Crippen LogP contribution in [0.3, 0.4) is 0 Å². The molecule has 0 spiro atoms. The van der Waals surface area contributed by atoms with Gasteiger partial charge < -0.3 is 5.73 Å². The zero-order chi connectivity index (χ0) is 15.0. The van der Waals surface area contributed by atoms with E-state index in [1.807, 2.05) is 25.1 Å². The summed E-state index contributed by atoms with van der Waals surface area (Å²) >= 11 is 0. The Morgan fingerprint density at radius 1 is 1.15 bits per heavy atom. The SMILES string of the molecule is CCCC(CCCN)c1cccc(S(=O)(=O)CCC)c1. The van der Waals surface area contributed by atoms with Crippen LogP contribution in [-0.4, -0.2) is 20.7 Å².